The van der Waals surface area contributed by atoms with E-state index in [0.29, 0.717) is 12.0 Å². The molecule has 0 aliphatic heterocycles. The number of carbonyl (C=O) groups excluding carboxylic acids is 1. The van der Waals surface area contributed by atoms with E-state index in [9.17, 15) is 9.90 Å². The largest absolute Gasteiger partial charge is 0.392 e. The van der Waals surface area contributed by atoms with Crippen molar-refractivity contribution in [2.45, 2.75) is 39.3 Å². The number of halogens is 1. The molecule has 0 bridgehead atoms. The van der Waals surface area contributed by atoms with Crippen molar-refractivity contribution in [2.24, 2.45) is 5.41 Å². The number of amides is 1. The standard InChI is InChI=1S/C14H18BrNO2/c1-8-5-4-6-9(12(8)15)13(18)16-10-7-11(17)14(10,2)3/h4-6,10-11,17H,7H2,1-3H3,(H,16,18). The van der Waals surface area contributed by atoms with Gasteiger partial charge < -0.3 is 10.4 Å². The first-order valence-electron chi connectivity index (χ1n) is 6.08. The Balaban J connectivity index is 2.12. The lowest BCUT2D eigenvalue weighted by Gasteiger charge is -2.49. The molecule has 1 amide bonds. The molecule has 1 fully saturated rings. The molecule has 0 aromatic heterocycles. The Labute approximate surface area is 116 Å². The lowest BCUT2D eigenvalue weighted by atomic mass is 9.64. The summed E-state index contributed by atoms with van der Waals surface area (Å²) in [4.78, 5) is 12.2. The van der Waals surface area contributed by atoms with Crippen molar-refractivity contribution < 1.29 is 9.90 Å². The molecular weight excluding hydrogens is 294 g/mol. The smallest absolute Gasteiger partial charge is 0.252 e. The summed E-state index contributed by atoms with van der Waals surface area (Å²) < 4.78 is 0.833. The van der Waals surface area contributed by atoms with Gasteiger partial charge in [-0.2, -0.15) is 0 Å². The molecule has 1 aromatic rings. The van der Waals surface area contributed by atoms with E-state index in [-0.39, 0.29) is 23.5 Å². The van der Waals surface area contributed by atoms with E-state index in [1.54, 1.807) is 6.07 Å². The summed E-state index contributed by atoms with van der Waals surface area (Å²) in [7, 11) is 0. The molecule has 0 radical (unpaired) electrons. The first kappa shape index (κ1) is 13.6. The SMILES string of the molecule is Cc1cccc(C(=O)NC2CC(O)C2(C)C)c1Br. The van der Waals surface area contributed by atoms with E-state index >= 15 is 0 Å². The van der Waals surface area contributed by atoms with Gasteiger partial charge in [0.25, 0.3) is 5.91 Å². The number of hydrogen-bond donors (Lipinski definition) is 2. The van der Waals surface area contributed by atoms with E-state index in [4.69, 9.17) is 0 Å². The number of carbonyl (C=O) groups is 1. The Kier molecular flexibility index (Phi) is 3.52. The van der Waals surface area contributed by atoms with Crippen LogP contribution in [0.4, 0.5) is 0 Å². The number of nitrogens with one attached hydrogen (secondary N) is 1. The monoisotopic (exact) mass is 311 g/mol. The fourth-order valence-corrected chi connectivity index (χ4v) is 2.65. The van der Waals surface area contributed by atoms with Crippen LogP contribution in [0.25, 0.3) is 0 Å². The second-order valence-electron chi connectivity index (χ2n) is 5.54. The van der Waals surface area contributed by atoms with E-state index in [1.807, 2.05) is 32.9 Å². The van der Waals surface area contributed by atoms with Crippen molar-refractivity contribution in [3.63, 3.8) is 0 Å². The van der Waals surface area contributed by atoms with Crippen LogP contribution in [0.15, 0.2) is 22.7 Å². The number of aryl methyl sites for hydroxylation is 1. The van der Waals surface area contributed by atoms with Crippen LogP contribution in [0, 0.1) is 12.3 Å². The van der Waals surface area contributed by atoms with Gasteiger partial charge in [0.1, 0.15) is 0 Å². The number of hydrogen-bond acceptors (Lipinski definition) is 2. The first-order valence-corrected chi connectivity index (χ1v) is 6.87. The highest BCUT2D eigenvalue weighted by atomic mass is 79.9. The van der Waals surface area contributed by atoms with E-state index in [2.05, 4.69) is 21.2 Å². The number of rotatable bonds is 2. The van der Waals surface area contributed by atoms with Crippen LogP contribution >= 0.6 is 15.9 Å². The zero-order valence-corrected chi connectivity index (χ0v) is 12.4. The molecule has 18 heavy (non-hydrogen) atoms. The van der Waals surface area contributed by atoms with Gasteiger partial charge in [-0.3, -0.25) is 4.79 Å². The minimum absolute atomic E-state index is 0.0346. The van der Waals surface area contributed by atoms with Crippen molar-refractivity contribution in [3.05, 3.63) is 33.8 Å². The highest BCUT2D eigenvalue weighted by Crippen LogP contribution is 2.40. The van der Waals surface area contributed by atoms with E-state index < -0.39 is 0 Å². The molecule has 0 saturated heterocycles. The summed E-state index contributed by atoms with van der Waals surface area (Å²) in [6, 6.07) is 5.66. The Morgan fingerprint density at radius 3 is 2.72 bits per heavy atom. The first-order chi connectivity index (χ1) is 8.34. The molecule has 2 rings (SSSR count). The van der Waals surface area contributed by atoms with Gasteiger partial charge in [-0.1, -0.05) is 26.0 Å². The normalized spacial score (nSPS) is 25.4. The summed E-state index contributed by atoms with van der Waals surface area (Å²) >= 11 is 3.44. The van der Waals surface area contributed by atoms with Gasteiger partial charge in [0, 0.05) is 15.9 Å². The van der Waals surface area contributed by atoms with Crippen LogP contribution in [0.1, 0.15) is 36.2 Å². The fraction of sp³-hybridized carbons (Fsp3) is 0.500. The molecule has 0 heterocycles. The maximum Gasteiger partial charge on any atom is 0.252 e. The topological polar surface area (TPSA) is 49.3 Å². The molecule has 98 valence electrons. The molecule has 1 saturated carbocycles. The second kappa shape index (κ2) is 4.67. The third kappa shape index (κ3) is 2.19. The van der Waals surface area contributed by atoms with Crippen LogP contribution in [-0.2, 0) is 0 Å². The lowest BCUT2D eigenvalue weighted by Crippen LogP contribution is -2.61. The van der Waals surface area contributed by atoms with Gasteiger partial charge in [-0.05, 0) is 40.9 Å². The molecule has 1 aliphatic rings. The predicted molar refractivity (Wildman–Crippen MR) is 74.5 cm³/mol. The van der Waals surface area contributed by atoms with Crippen molar-refractivity contribution in [3.8, 4) is 0 Å². The molecule has 2 N–H and O–H groups in total. The lowest BCUT2D eigenvalue weighted by molar-refractivity contribution is -0.0689. The van der Waals surface area contributed by atoms with Crippen molar-refractivity contribution in [1.29, 1.82) is 0 Å². The summed E-state index contributed by atoms with van der Waals surface area (Å²) in [6.45, 7) is 5.90. The highest BCUT2D eigenvalue weighted by molar-refractivity contribution is 9.10. The molecule has 2 unspecified atom stereocenters. The third-order valence-corrected chi connectivity index (χ3v) is 5.01. The van der Waals surface area contributed by atoms with Gasteiger partial charge in [0.05, 0.1) is 11.7 Å². The van der Waals surface area contributed by atoms with Crippen LogP contribution in [0.5, 0.6) is 0 Å². The highest BCUT2D eigenvalue weighted by Gasteiger charge is 2.48. The Hall–Kier alpha value is -0.870. The third-order valence-electron chi connectivity index (χ3n) is 3.96. The number of aliphatic hydroxyl groups is 1. The van der Waals surface area contributed by atoms with Crippen LogP contribution in [-0.4, -0.2) is 23.2 Å². The maximum atomic E-state index is 12.2. The minimum Gasteiger partial charge on any atom is -0.392 e. The van der Waals surface area contributed by atoms with Gasteiger partial charge in [-0.15, -0.1) is 0 Å². The number of aliphatic hydroxyl groups excluding tert-OH is 1. The van der Waals surface area contributed by atoms with Crippen molar-refractivity contribution in [1.82, 2.24) is 5.32 Å². The Morgan fingerprint density at radius 2 is 2.17 bits per heavy atom. The van der Waals surface area contributed by atoms with Crippen molar-refractivity contribution >= 4 is 21.8 Å². The summed E-state index contributed by atoms with van der Waals surface area (Å²) in [6.07, 6.45) is 0.297. The van der Waals surface area contributed by atoms with Crippen LogP contribution < -0.4 is 5.32 Å². The molecular formula is C14H18BrNO2. The van der Waals surface area contributed by atoms with E-state index in [1.165, 1.54) is 0 Å². The van der Waals surface area contributed by atoms with Gasteiger partial charge in [0.15, 0.2) is 0 Å². The minimum atomic E-state index is -0.330. The fourth-order valence-electron chi connectivity index (χ4n) is 2.21. The molecule has 4 heteroatoms. The quantitative estimate of drug-likeness (QED) is 0.882. The van der Waals surface area contributed by atoms with Gasteiger partial charge >= 0.3 is 0 Å². The van der Waals surface area contributed by atoms with Crippen LogP contribution in [0.3, 0.4) is 0 Å². The molecule has 0 spiro atoms. The predicted octanol–water partition coefficient (Wildman–Crippen LogP) is 2.65. The average molecular weight is 312 g/mol. The van der Waals surface area contributed by atoms with Gasteiger partial charge in [-0.25, -0.2) is 0 Å². The summed E-state index contributed by atoms with van der Waals surface area (Å²) in [5, 5.41) is 12.7. The average Bonchev–Trinajstić information content (AvgIpc) is 2.32. The Morgan fingerprint density at radius 1 is 1.50 bits per heavy atom. The number of benzene rings is 1. The van der Waals surface area contributed by atoms with Gasteiger partial charge in [0.2, 0.25) is 0 Å². The maximum absolute atomic E-state index is 12.2. The Bertz CT molecular complexity index is 485. The molecule has 1 aromatic carbocycles. The van der Waals surface area contributed by atoms with Crippen molar-refractivity contribution in [2.75, 3.05) is 0 Å². The zero-order valence-electron chi connectivity index (χ0n) is 10.8. The molecule has 3 nitrogen and oxygen atoms in total. The molecule has 1 aliphatic carbocycles. The van der Waals surface area contributed by atoms with E-state index in [0.717, 1.165) is 10.0 Å². The second-order valence-corrected chi connectivity index (χ2v) is 6.33. The van der Waals surface area contributed by atoms with Crippen LogP contribution in [0.2, 0.25) is 0 Å². The molecule has 2 atom stereocenters. The summed E-state index contributed by atoms with van der Waals surface area (Å²) in [5.41, 5.74) is 1.44. The summed E-state index contributed by atoms with van der Waals surface area (Å²) in [5.74, 6) is -0.0875. The zero-order chi connectivity index (χ0) is 13.5.